The van der Waals surface area contributed by atoms with Crippen molar-refractivity contribution < 1.29 is 4.79 Å². The topological polar surface area (TPSA) is 88.8 Å². The second-order valence-corrected chi connectivity index (χ2v) is 2.71. The van der Waals surface area contributed by atoms with Crippen LogP contribution in [0.2, 0.25) is 0 Å². The lowest BCUT2D eigenvalue weighted by Gasteiger charge is -1.98. The summed E-state index contributed by atoms with van der Waals surface area (Å²) in [7, 11) is 0. The quantitative estimate of drug-likeness (QED) is 0.680. The molecule has 0 aliphatic heterocycles. The molecule has 1 aromatic rings. The number of carbonyl (C=O) groups is 1. The lowest BCUT2D eigenvalue weighted by molar-refractivity contribution is -0.118. The smallest absolute Gasteiger partial charge is 0.347 e. The van der Waals surface area contributed by atoms with E-state index in [9.17, 15) is 9.59 Å². The van der Waals surface area contributed by atoms with Crippen molar-refractivity contribution >= 4 is 11.6 Å². The zero-order valence-corrected chi connectivity index (χ0v) is 7.33. The van der Waals surface area contributed by atoms with Gasteiger partial charge in [0.15, 0.2) is 0 Å². The molecule has 0 aliphatic carbocycles. The summed E-state index contributed by atoms with van der Waals surface area (Å²) in [6.07, 6.45) is 0.655. The number of hydrogen-bond donors (Lipinski definition) is 2. The Kier molecular flexibility index (Phi) is 2.79. The van der Waals surface area contributed by atoms with Gasteiger partial charge in [-0.05, 0) is 0 Å². The molecule has 0 aromatic carbocycles. The molecule has 0 bridgehead atoms. The summed E-state index contributed by atoms with van der Waals surface area (Å²) < 4.78 is 0. The van der Waals surface area contributed by atoms with E-state index in [4.69, 9.17) is 5.73 Å². The molecule has 1 heterocycles. The van der Waals surface area contributed by atoms with Crippen molar-refractivity contribution in [3.63, 3.8) is 0 Å². The Morgan fingerprint density at radius 2 is 2.38 bits per heavy atom. The molecule has 0 spiro atoms. The second kappa shape index (κ2) is 3.84. The Bertz CT molecular complexity index is 370. The van der Waals surface area contributed by atoms with Gasteiger partial charge < -0.3 is 10.7 Å². The Hall–Kier alpha value is -1.65. The summed E-state index contributed by atoms with van der Waals surface area (Å²) in [5.74, 6) is 0.198. The maximum Gasteiger partial charge on any atom is 0.347 e. The number of anilines is 1. The Labute approximate surface area is 75.0 Å². The number of hydrogen-bond acceptors (Lipinski definition) is 4. The van der Waals surface area contributed by atoms with Crippen LogP contribution in [0.4, 0.5) is 5.82 Å². The van der Waals surface area contributed by atoms with Crippen LogP contribution < -0.4 is 11.4 Å². The predicted octanol–water partition coefficient (Wildman–Crippen LogP) is -0.126. The minimum atomic E-state index is -0.515. The van der Waals surface area contributed by atoms with E-state index in [-0.39, 0.29) is 18.0 Å². The van der Waals surface area contributed by atoms with E-state index in [0.29, 0.717) is 12.1 Å². The molecule has 0 atom stereocenters. The summed E-state index contributed by atoms with van der Waals surface area (Å²) in [6, 6.07) is 1.50. The number of H-pyrrole nitrogens is 1. The van der Waals surface area contributed by atoms with Crippen LogP contribution in [-0.2, 0) is 11.2 Å². The number of nitrogen functional groups attached to an aromatic ring is 1. The summed E-state index contributed by atoms with van der Waals surface area (Å²) in [6.45, 7) is 1.77. The molecule has 3 N–H and O–H groups in total. The minimum absolute atomic E-state index is 0.0567. The van der Waals surface area contributed by atoms with Crippen LogP contribution >= 0.6 is 0 Å². The first-order valence-electron chi connectivity index (χ1n) is 3.99. The largest absolute Gasteiger partial charge is 0.383 e. The number of aromatic amines is 1. The molecule has 0 aliphatic rings. The molecule has 1 rings (SSSR count). The third-order valence-corrected chi connectivity index (χ3v) is 1.60. The first-order valence-corrected chi connectivity index (χ1v) is 3.99. The molecule has 0 radical (unpaired) electrons. The van der Waals surface area contributed by atoms with E-state index in [2.05, 4.69) is 9.97 Å². The normalized spacial score (nSPS) is 9.92. The van der Waals surface area contributed by atoms with Crippen molar-refractivity contribution in [2.75, 3.05) is 5.73 Å². The van der Waals surface area contributed by atoms with Gasteiger partial charge in [-0.15, -0.1) is 0 Å². The molecule has 5 heteroatoms. The minimum Gasteiger partial charge on any atom is -0.383 e. The maximum absolute atomic E-state index is 11.0. The molecular formula is C8H11N3O2. The molecule has 0 saturated carbocycles. The van der Waals surface area contributed by atoms with Gasteiger partial charge in [0.1, 0.15) is 11.6 Å². The number of Topliss-reactive ketones (excluding diaryl/α,β-unsaturated/α-hetero) is 1. The Morgan fingerprint density at radius 1 is 1.69 bits per heavy atom. The van der Waals surface area contributed by atoms with Gasteiger partial charge in [0.25, 0.3) is 0 Å². The first-order chi connectivity index (χ1) is 6.11. The van der Waals surface area contributed by atoms with Crippen LogP contribution in [0, 0.1) is 0 Å². The molecule has 0 saturated heterocycles. The molecule has 0 fully saturated rings. The SMILES string of the molecule is CCC(=O)Cc1cc(N)nc(=O)[nH]1. The van der Waals surface area contributed by atoms with Gasteiger partial charge in [-0.2, -0.15) is 4.98 Å². The van der Waals surface area contributed by atoms with E-state index in [1.165, 1.54) is 6.07 Å². The zero-order chi connectivity index (χ0) is 9.84. The van der Waals surface area contributed by atoms with Crippen molar-refractivity contribution in [2.45, 2.75) is 19.8 Å². The van der Waals surface area contributed by atoms with Gasteiger partial charge >= 0.3 is 5.69 Å². The van der Waals surface area contributed by atoms with Crippen molar-refractivity contribution in [3.05, 3.63) is 22.2 Å². The van der Waals surface area contributed by atoms with Crippen LogP contribution in [0.15, 0.2) is 10.9 Å². The van der Waals surface area contributed by atoms with Gasteiger partial charge in [0.2, 0.25) is 0 Å². The van der Waals surface area contributed by atoms with E-state index in [0.717, 1.165) is 0 Å². The highest BCUT2D eigenvalue weighted by Crippen LogP contribution is 1.99. The van der Waals surface area contributed by atoms with Crippen molar-refractivity contribution in [3.8, 4) is 0 Å². The van der Waals surface area contributed by atoms with Crippen LogP contribution in [-0.4, -0.2) is 15.8 Å². The second-order valence-electron chi connectivity index (χ2n) is 2.71. The van der Waals surface area contributed by atoms with Gasteiger partial charge in [0.05, 0.1) is 0 Å². The molecule has 0 amide bonds. The first kappa shape index (κ1) is 9.44. The van der Waals surface area contributed by atoms with Gasteiger partial charge in [-0.1, -0.05) is 6.92 Å². The summed E-state index contributed by atoms with van der Waals surface area (Å²) in [5, 5.41) is 0. The lowest BCUT2D eigenvalue weighted by atomic mass is 10.2. The van der Waals surface area contributed by atoms with Crippen LogP contribution in [0.25, 0.3) is 0 Å². The number of nitrogens with two attached hydrogens (primary N) is 1. The fraction of sp³-hybridized carbons (Fsp3) is 0.375. The molecule has 70 valence electrons. The molecular weight excluding hydrogens is 170 g/mol. The third-order valence-electron chi connectivity index (χ3n) is 1.60. The van der Waals surface area contributed by atoms with E-state index in [1.807, 2.05) is 0 Å². The van der Waals surface area contributed by atoms with Gasteiger partial charge in [-0.25, -0.2) is 4.79 Å². The van der Waals surface area contributed by atoms with E-state index >= 15 is 0 Å². The van der Waals surface area contributed by atoms with Crippen LogP contribution in [0.3, 0.4) is 0 Å². The highest BCUT2D eigenvalue weighted by Gasteiger charge is 2.02. The molecule has 5 nitrogen and oxygen atoms in total. The van der Waals surface area contributed by atoms with E-state index < -0.39 is 5.69 Å². The monoisotopic (exact) mass is 181 g/mol. The molecule has 13 heavy (non-hydrogen) atoms. The number of nitrogens with one attached hydrogen (secondary N) is 1. The highest BCUT2D eigenvalue weighted by molar-refractivity contribution is 5.80. The van der Waals surface area contributed by atoms with Crippen molar-refractivity contribution in [1.82, 2.24) is 9.97 Å². The summed E-state index contributed by atoms with van der Waals surface area (Å²) in [5.41, 5.74) is 5.34. The van der Waals surface area contributed by atoms with E-state index in [1.54, 1.807) is 6.92 Å². The fourth-order valence-electron chi connectivity index (χ4n) is 0.962. The van der Waals surface area contributed by atoms with Crippen LogP contribution in [0.1, 0.15) is 19.0 Å². The van der Waals surface area contributed by atoms with Crippen molar-refractivity contribution in [1.29, 1.82) is 0 Å². The van der Waals surface area contributed by atoms with Crippen molar-refractivity contribution in [2.24, 2.45) is 0 Å². The number of carbonyl (C=O) groups excluding carboxylic acids is 1. The Balaban J connectivity index is 2.89. The molecule has 0 unspecified atom stereocenters. The van der Waals surface area contributed by atoms with Crippen LogP contribution in [0.5, 0.6) is 0 Å². The summed E-state index contributed by atoms with van der Waals surface area (Å²) in [4.78, 5) is 27.7. The zero-order valence-electron chi connectivity index (χ0n) is 7.33. The predicted molar refractivity (Wildman–Crippen MR) is 48.3 cm³/mol. The van der Waals surface area contributed by atoms with Gasteiger partial charge in [-0.3, -0.25) is 4.79 Å². The standard InChI is InChI=1S/C8H11N3O2/c1-2-6(12)3-5-4-7(9)11-8(13)10-5/h4H,2-3H2,1H3,(H3,9,10,11,13). The number of nitrogens with zero attached hydrogens (tertiary/aromatic N) is 1. The lowest BCUT2D eigenvalue weighted by Crippen LogP contribution is -2.16. The number of ketones is 1. The average molecular weight is 181 g/mol. The highest BCUT2D eigenvalue weighted by atomic mass is 16.1. The third kappa shape index (κ3) is 2.70. The average Bonchev–Trinajstić information content (AvgIpc) is 2.02. The maximum atomic E-state index is 11.0. The fourth-order valence-corrected chi connectivity index (χ4v) is 0.962. The molecule has 1 aromatic heterocycles. The number of rotatable bonds is 3. The number of aromatic nitrogens is 2. The van der Waals surface area contributed by atoms with Gasteiger partial charge in [0, 0.05) is 24.6 Å². The summed E-state index contributed by atoms with van der Waals surface area (Å²) >= 11 is 0. The Morgan fingerprint density at radius 3 is 2.92 bits per heavy atom.